The van der Waals surface area contributed by atoms with Crippen LogP contribution in [0.4, 0.5) is 23.7 Å². The zero-order chi connectivity index (χ0) is 13.8. The molecular weight excluding hydrogens is 247 g/mol. The zero-order valence-electron chi connectivity index (χ0n) is 9.79. The molecule has 0 aliphatic carbocycles. The lowest BCUT2D eigenvalue weighted by molar-refractivity contribution is -0.137. The van der Waals surface area contributed by atoms with Crippen molar-refractivity contribution in [2.75, 3.05) is 25.5 Å². The standard InChI is InChI=1S/C11H14F3N3O/c1-17(6-5-15)10(18)16-9-4-2-3-8(7-9)11(12,13)14/h2-4,7H,5-6,15H2,1H3,(H,16,18). The normalized spacial score (nSPS) is 11.2. The summed E-state index contributed by atoms with van der Waals surface area (Å²) in [7, 11) is 1.51. The summed E-state index contributed by atoms with van der Waals surface area (Å²) in [6.07, 6.45) is -4.43. The van der Waals surface area contributed by atoms with Crippen molar-refractivity contribution in [3.63, 3.8) is 0 Å². The Bertz CT molecular complexity index is 420. The minimum atomic E-state index is -4.43. The summed E-state index contributed by atoms with van der Waals surface area (Å²) < 4.78 is 37.3. The highest BCUT2D eigenvalue weighted by Gasteiger charge is 2.30. The number of hydrogen-bond donors (Lipinski definition) is 2. The number of nitrogens with one attached hydrogen (secondary N) is 1. The van der Waals surface area contributed by atoms with E-state index in [4.69, 9.17) is 5.73 Å². The van der Waals surface area contributed by atoms with Gasteiger partial charge in [0.1, 0.15) is 0 Å². The Morgan fingerprint density at radius 2 is 2.11 bits per heavy atom. The lowest BCUT2D eigenvalue weighted by atomic mass is 10.2. The first-order valence-electron chi connectivity index (χ1n) is 5.24. The molecule has 2 amide bonds. The number of benzene rings is 1. The van der Waals surface area contributed by atoms with E-state index in [1.807, 2.05) is 0 Å². The van der Waals surface area contributed by atoms with Crippen LogP contribution < -0.4 is 11.1 Å². The van der Waals surface area contributed by atoms with Gasteiger partial charge in [-0.05, 0) is 18.2 Å². The van der Waals surface area contributed by atoms with E-state index in [1.165, 1.54) is 24.1 Å². The van der Waals surface area contributed by atoms with Gasteiger partial charge < -0.3 is 16.0 Å². The van der Waals surface area contributed by atoms with Crippen molar-refractivity contribution in [2.24, 2.45) is 5.73 Å². The van der Waals surface area contributed by atoms with Gasteiger partial charge in [0.2, 0.25) is 0 Å². The van der Waals surface area contributed by atoms with Crippen molar-refractivity contribution in [1.82, 2.24) is 4.90 Å². The van der Waals surface area contributed by atoms with Crippen LogP contribution in [0.1, 0.15) is 5.56 Å². The van der Waals surface area contributed by atoms with Crippen molar-refractivity contribution < 1.29 is 18.0 Å². The number of likely N-dealkylation sites (N-methyl/N-ethyl adjacent to an activating group) is 1. The molecule has 0 aliphatic rings. The summed E-state index contributed by atoms with van der Waals surface area (Å²) in [5.74, 6) is 0. The van der Waals surface area contributed by atoms with Crippen LogP contribution >= 0.6 is 0 Å². The van der Waals surface area contributed by atoms with Crippen molar-refractivity contribution in [3.05, 3.63) is 29.8 Å². The largest absolute Gasteiger partial charge is 0.416 e. The summed E-state index contributed by atoms with van der Waals surface area (Å²) >= 11 is 0. The molecule has 1 aromatic rings. The molecule has 0 aromatic heterocycles. The molecule has 0 unspecified atom stereocenters. The van der Waals surface area contributed by atoms with Crippen LogP contribution in [0.15, 0.2) is 24.3 Å². The smallest absolute Gasteiger partial charge is 0.329 e. The number of alkyl halides is 3. The van der Waals surface area contributed by atoms with E-state index < -0.39 is 17.8 Å². The Labute approximate surface area is 103 Å². The maximum absolute atomic E-state index is 12.4. The first-order chi connectivity index (χ1) is 8.34. The van der Waals surface area contributed by atoms with Gasteiger partial charge in [0, 0.05) is 25.8 Å². The molecule has 0 fully saturated rings. The monoisotopic (exact) mass is 261 g/mol. The minimum Gasteiger partial charge on any atom is -0.329 e. The Hall–Kier alpha value is -1.76. The fourth-order valence-electron chi connectivity index (χ4n) is 1.29. The fraction of sp³-hybridized carbons (Fsp3) is 0.364. The van der Waals surface area contributed by atoms with Gasteiger partial charge in [-0.25, -0.2) is 4.79 Å². The third kappa shape index (κ3) is 3.92. The number of carbonyl (C=O) groups excluding carboxylic acids is 1. The molecule has 100 valence electrons. The number of hydrogen-bond acceptors (Lipinski definition) is 2. The molecule has 1 rings (SSSR count). The van der Waals surface area contributed by atoms with Gasteiger partial charge in [-0.15, -0.1) is 0 Å². The maximum atomic E-state index is 12.4. The average molecular weight is 261 g/mol. The van der Waals surface area contributed by atoms with Gasteiger partial charge >= 0.3 is 12.2 Å². The van der Waals surface area contributed by atoms with Crippen LogP contribution in [0.25, 0.3) is 0 Å². The number of halogens is 3. The number of amides is 2. The Kier molecular flexibility index (Phi) is 4.55. The molecule has 0 radical (unpaired) electrons. The van der Waals surface area contributed by atoms with Gasteiger partial charge in [0.25, 0.3) is 0 Å². The van der Waals surface area contributed by atoms with E-state index in [9.17, 15) is 18.0 Å². The van der Waals surface area contributed by atoms with Crippen LogP contribution in [-0.4, -0.2) is 31.1 Å². The van der Waals surface area contributed by atoms with Crippen molar-refractivity contribution in [2.45, 2.75) is 6.18 Å². The predicted molar refractivity (Wildman–Crippen MR) is 62.1 cm³/mol. The van der Waals surface area contributed by atoms with E-state index in [0.717, 1.165) is 12.1 Å². The fourth-order valence-corrected chi connectivity index (χ4v) is 1.29. The molecular formula is C11H14F3N3O. The Balaban J connectivity index is 2.77. The number of rotatable bonds is 3. The molecule has 3 N–H and O–H groups in total. The average Bonchev–Trinajstić information content (AvgIpc) is 2.28. The number of urea groups is 1. The second-order valence-corrected chi connectivity index (χ2v) is 3.72. The third-order valence-corrected chi connectivity index (χ3v) is 2.25. The molecule has 0 saturated carbocycles. The van der Waals surface area contributed by atoms with Gasteiger partial charge in [0.05, 0.1) is 5.56 Å². The van der Waals surface area contributed by atoms with Crippen LogP contribution in [0.3, 0.4) is 0 Å². The second kappa shape index (κ2) is 5.72. The molecule has 0 bridgehead atoms. The van der Waals surface area contributed by atoms with Crippen LogP contribution in [0.2, 0.25) is 0 Å². The highest BCUT2D eigenvalue weighted by Crippen LogP contribution is 2.30. The van der Waals surface area contributed by atoms with Gasteiger partial charge in [-0.3, -0.25) is 0 Å². The molecule has 0 atom stereocenters. The van der Waals surface area contributed by atoms with Crippen LogP contribution in [-0.2, 0) is 6.18 Å². The number of nitrogens with two attached hydrogens (primary N) is 1. The van der Waals surface area contributed by atoms with Crippen molar-refractivity contribution >= 4 is 11.7 Å². The summed E-state index contributed by atoms with van der Waals surface area (Å²) in [6, 6.07) is 3.96. The quantitative estimate of drug-likeness (QED) is 0.875. The molecule has 0 saturated heterocycles. The first kappa shape index (κ1) is 14.3. The van der Waals surface area contributed by atoms with E-state index in [1.54, 1.807) is 0 Å². The third-order valence-electron chi connectivity index (χ3n) is 2.25. The molecule has 0 spiro atoms. The SMILES string of the molecule is CN(CCN)C(=O)Nc1cccc(C(F)(F)F)c1. The van der Waals surface area contributed by atoms with Gasteiger partial charge in [-0.1, -0.05) is 6.07 Å². The van der Waals surface area contributed by atoms with E-state index >= 15 is 0 Å². The maximum Gasteiger partial charge on any atom is 0.416 e. The summed E-state index contributed by atoms with van der Waals surface area (Å²) in [5, 5.41) is 2.37. The topological polar surface area (TPSA) is 58.4 Å². The first-order valence-corrected chi connectivity index (χ1v) is 5.24. The van der Waals surface area contributed by atoms with Crippen molar-refractivity contribution in [3.8, 4) is 0 Å². The van der Waals surface area contributed by atoms with Crippen LogP contribution in [0.5, 0.6) is 0 Å². The molecule has 4 nitrogen and oxygen atoms in total. The van der Waals surface area contributed by atoms with Gasteiger partial charge in [0.15, 0.2) is 0 Å². The summed E-state index contributed by atoms with van der Waals surface area (Å²) in [4.78, 5) is 12.8. The molecule has 1 aromatic carbocycles. The van der Waals surface area contributed by atoms with E-state index in [2.05, 4.69) is 5.32 Å². The van der Waals surface area contributed by atoms with E-state index in [0.29, 0.717) is 6.54 Å². The van der Waals surface area contributed by atoms with Crippen molar-refractivity contribution in [1.29, 1.82) is 0 Å². The summed E-state index contributed by atoms with van der Waals surface area (Å²) in [5.41, 5.74) is 4.56. The summed E-state index contributed by atoms with van der Waals surface area (Å²) in [6.45, 7) is 0.608. The highest BCUT2D eigenvalue weighted by atomic mass is 19.4. The lowest BCUT2D eigenvalue weighted by Crippen LogP contribution is -2.35. The van der Waals surface area contributed by atoms with Crippen LogP contribution in [0, 0.1) is 0 Å². The minimum absolute atomic E-state index is 0.0960. The second-order valence-electron chi connectivity index (χ2n) is 3.72. The Morgan fingerprint density at radius 1 is 1.44 bits per heavy atom. The predicted octanol–water partition coefficient (Wildman–Crippen LogP) is 2.13. The Morgan fingerprint density at radius 3 is 2.67 bits per heavy atom. The van der Waals surface area contributed by atoms with Gasteiger partial charge in [-0.2, -0.15) is 13.2 Å². The number of anilines is 1. The highest BCUT2D eigenvalue weighted by molar-refractivity contribution is 5.89. The number of nitrogens with zero attached hydrogens (tertiary/aromatic N) is 1. The molecule has 7 heteroatoms. The lowest BCUT2D eigenvalue weighted by Gasteiger charge is -2.17. The molecule has 0 heterocycles. The molecule has 18 heavy (non-hydrogen) atoms. The number of carbonyl (C=O) groups is 1. The van der Waals surface area contributed by atoms with E-state index in [-0.39, 0.29) is 12.2 Å². The zero-order valence-corrected chi connectivity index (χ0v) is 9.79. The molecule has 0 aliphatic heterocycles.